The summed E-state index contributed by atoms with van der Waals surface area (Å²) in [6.45, 7) is 0.829. The van der Waals surface area contributed by atoms with Gasteiger partial charge in [-0.3, -0.25) is 0 Å². The minimum atomic E-state index is -0.0336. The maximum Gasteiger partial charge on any atom is 0.0540 e. The molecule has 0 unspecified atom stereocenters. The zero-order valence-electron chi connectivity index (χ0n) is 7.13. The Morgan fingerprint density at radius 2 is 1.64 bits per heavy atom. The van der Waals surface area contributed by atoms with E-state index >= 15 is 0 Å². The standard InChI is InChI=1S/C9H19NO/c10-7-8-3-1-5-9(11)6-2-4-8/h8-9,11H,1-7,10H2. The van der Waals surface area contributed by atoms with E-state index < -0.39 is 0 Å². The predicted molar refractivity (Wildman–Crippen MR) is 46.3 cm³/mol. The van der Waals surface area contributed by atoms with Crippen LogP contribution in [0.3, 0.4) is 0 Å². The maximum atomic E-state index is 9.34. The van der Waals surface area contributed by atoms with Gasteiger partial charge in [-0.15, -0.1) is 0 Å². The van der Waals surface area contributed by atoms with Gasteiger partial charge in [0.15, 0.2) is 0 Å². The summed E-state index contributed by atoms with van der Waals surface area (Å²) in [4.78, 5) is 0. The second-order valence-electron chi connectivity index (χ2n) is 3.62. The second kappa shape index (κ2) is 4.73. The summed E-state index contributed by atoms with van der Waals surface area (Å²) in [5, 5.41) is 9.34. The van der Waals surface area contributed by atoms with Crippen LogP contribution in [-0.2, 0) is 0 Å². The van der Waals surface area contributed by atoms with Crippen molar-refractivity contribution in [1.29, 1.82) is 0 Å². The van der Waals surface area contributed by atoms with Crippen molar-refractivity contribution >= 4 is 0 Å². The molecule has 0 aromatic carbocycles. The van der Waals surface area contributed by atoms with Crippen molar-refractivity contribution in [3.8, 4) is 0 Å². The first-order chi connectivity index (χ1) is 5.33. The van der Waals surface area contributed by atoms with Crippen molar-refractivity contribution in [1.82, 2.24) is 0 Å². The van der Waals surface area contributed by atoms with Gasteiger partial charge in [0, 0.05) is 0 Å². The summed E-state index contributed by atoms with van der Waals surface area (Å²) in [5.74, 6) is 0.725. The van der Waals surface area contributed by atoms with Gasteiger partial charge in [-0.05, 0) is 38.1 Å². The van der Waals surface area contributed by atoms with Crippen LogP contribution in [0.5, 0.6) is 0 Å². The van der Waals surface area contributed by atoms with Gasteiger partial charge in [0.25, 0.3) is 0 Å². The summed E-state index contributed by atoms with van der Waals surface area (Å²) >= 11 is 0. The minimum Gasteiger partial charge on any atom is -0.393 e. The Kier molecular flexibility index (Phi) is 3.87. The molecule has 0 heterocycles. The molecule has 1 fully saturated rings. The van der Waals surface area contributed by atoms with Crippen LogP contribution >= 0.6 is 0 Å². The van der Waals surface area contributed by atoms with Crippen LogP contribution < -0.4 is 5.73 Å². The normalized spacial score (nSPS) is 34.4. The molecule has 0 aliphatic heterocycles. The van der Waals surface area contributed by atoms with Gasteiger partial charge in [-0.2, -0.15) is 0 Å². The lowest BCUT2D eigenvalue weighted by molar-refractivity contribution is 0.134. The van der Waals surface area contributed by atoms with Crippen LogP contribution in [0.25, 0.3) is 0 Å². The number of rotatable bonds is 1. The van der Waals surface area contributed by atoms with Crippen LogP contribution in [0.4, 0.5) is 0 Å². The number of nitrogens with two attached hydrogens (primary N) is 1. The number of hydrogen-bond donors (Lipinski definition) is 2. The van der Waals surface area contributed by atoms with Gasteiger partial charge in [0.05, 0.1) is 6.10 Å². The van der Waals surface area contributed by atoms with E-state index in [4.69, 9.17) is 5.73 Å². The van der Waals surface area contributed by atoms with Gasteiger partial charge in [0.1, 0.15) is 0 Å². The molecule has 1 saturated carbocycles. The van der Waals surface area contributed by atoms with Crippen molar-refractivity contribution < 1.29 is 5.11 Å². The van der Waals surface area contributed by atoms with Crippen molar-refractivity contribution in [2.24, 2.45) is 11.7 Å². The van der Waals surface area contributed by atoms with Gasteiger partial charge in [-0.1, -0.05) is 12.8 Å². The molecule has 0 radical (unpaired) electrons. The van der Waals surface area contributed by atoms with Crippen molar-refractivity contribution in [3.05, 3.63) is 0 Å². The zero-order valence-corrected chi connectivity index (χ0v) is 7.13. The average molecular weight is 157 g/mol. The highest BCUT2D eigenvalue weighted by molar-refractivity contribution is 4.67. The fourth-order valence-corrected chi connectivity index (χ4v) is 1.81. The molecule has 0 amide bonds. The summed E-state index contributed by atoms with van der Waals surface area (Å²) in [7, 11) is 0. The lowest BCUT2D eigenvalue weighted by Crippen LogP contribution is -2.18. The second-order valence-corrected chi connectivity index (χ2v) is 3.62. The van der Waals surface area contributed by atoms with E-state index in [2.05, 4.69) is 0 Å². The molecule has 2 heteroatoms. The summed E-state index contributed by atoms with van der Waals surface area (Å²) in [6.07, 6.45) is 6.67. The van der Waals surface area contributed by atoms with E-state index in [1.54, 1.807) is 0 Å². The molecular formula is C9H19NO. The van der Waals surface area contributed by atoms with E-state index in [9.17, 15) is 5.11 Å². The number of aliphatic hydroxyl groups is 1. The lowest BCUT2D eigenvalue weighted by Gasteiger charge is -2.20. The average Bonchev–Trinajstić information content (AvgIpc) is 1.96. The third-order valence-corrected chi connectivity index (χ3v) is 2.63. The Labute approximate surface area is 68.8 Å². The maximum absolute atomic E-state index is 9.34. The van der Waals surface area contributed by atoms with E-state index in [-0.39, 0.29) is 6.10 Å². The van der Waals surface area contributed by atoms with Gasteiger partial charge in [0.2, 0.25) is 0 Å². The fraction of sp³-hybridized carbons (Fsp3) is 1.00. The first-order valence-corrected chi connectivity index (χ1v) is 4.71. The van der Waals surface area contributed by atoms with E-state index in [1.807, 2.05) is 0 Å². The largest absolute Gasteiger partial charge is 0.393 e. The SMILES string of the molecule is NCC1CCCC(O)CCC1. The minimum absolute atomic E-state index is 0.0336. The van der Waals surface area contributed by atoms with Crippen LogP contribution in [0, 0.1) is 5.92 Å². The van der Waals surface area contributed by atoms with Crippen molar-refractivity contribution in [2.45, 2.75) is 44.6 Å². The van der Waals surface area contributed by atoms with Gasteiger partial charge < -0.3 is 10.8 Å². The molecule has 66 valence electrons. The lowest BCUT2D eigenvalue weighted by atomic mass is 9.90. The van der Waals surface area contributed by atoms with Crippen LogP contribution in [0.2, 0.25) is 0 Å². The Bertz CT molecular complexity index is 95.7. The van der Waals surface area contributed by atoms with Gasteiger partial charge >= 0.3 is 0 Å². The first-order valence-electron chi connectivity index (χ1n) is 4.71. The molecule has 0 bridgehead atoms. The molecule has 0 saturated heterocycles. The van der Waals surface area contributed by atoms with Crippen molar-refractivity contribution in [3.63, 3.8) is 0 Å². The molecular weight excluding hydrogens is 138 g/mol. The monoisotopic (exact) mass is 157 g/mol. The molecule has 0 atom stereocenters. The topological polar surface area (TPSA) is 46.2 Å². The molecule has 3 N–H and O–H groups in total. The van der Waals surface area contributed by atoms with E-state index in [1.165, 1.54) is 12.8 Å². The molecule has 0 spiro atoms. The smallest absolute Gasteiger partial charge is 0.0540 e. The summed E-state index contributed by atoms with van der Waals surface area (Å²) in [6, 6.07) is 0. The fourth-order valence-electron chi connectivity index (χ4n) is 1.81. The highest BCUT2D eigenvalue weighted by Gasteiger charge is 2.13. The third-order valence-electron chi connectivity index (χ3n) is 2.63. The molecule has 1 aliphatic rings. The Hall–Kier alpha value is -0.0800. The molecule has 1 aliphatic carbocycles. The third kappa shape index (κ3) is 3.21. The quantitative estimate of drug-likeness (QED) is 0.602. The Morgan fingerprint density at radius 1 is 1.09 bits per heavy atom. The summed E-state index contributed by atoms with van der Waals surface area (Å²) in [5.41, 5.74) is 5.60. The highest BCUT2D eigenvalue weighted by atomic mass is 16.3. The molecule has 0 aromatic heterocycles. The Morgan fingerprint density at radius 3 is 2.09 bits per heavy atom. The highest BCUT2D eigenvalue weighted by Crippen LogP contribution is 2.21. The number of aliphatic hydroxyl groups excluding tert-OH is 1. The van der Waals surface area contributed by atoms with Crippen LogP contribution in [-0.4, -0.2) is 17.8 Å². The molecule has 1 rings (SSSR count). The number of hydrogen-bond acceptors (Lipinski definition) is 2. The predicted octanol–water partition coefficient (Wildman–Crippen LogP) is 1.28. The molecule has 11 heavy (non-hydrogen) atoms. The summed E-state index contributed by atoms with van der Waals surface area (Å²) < 4.78 is 0. The Balaban J connectivity index is 2.22. The van der Waals surface area contributed by atoms with Crippen LogP contribution in [0.1, 0.15) is 38.5 Å². The zero-order chi connectivity index (χ0) is 8.10. The molecule has 2 nitrogen and oxygen atoms in total. The first kappa shape index (κ1) is 9.01. The van der Waals surface area contributed by atoms with E-state index in [0.29, 0.717) is 0 Å². The van der Waals surface area contributed by atoms with Crippen molar-refractivity contribution in [2.75, 3.05) is 6.54 Å². The molecule has 0 aromatic rings. The van der Waals surface area contributed by atoms with E-state index in [0.717, 1.165) is 38.1 Å². The van der Waals surface area contributed by atoms with Crippen LogP contribution in [0.15, 0.2) is 0 Å². The van der Waals surface area contributed by atoms with Gasteiger partial charge in [-0.25, -0.2) is 0 Å².